The third kappa shape index (κ3) is 5.47. The fourth-order valence-corrected chi connectivity index (χ4v) is 2.97. The molecule has 2 atom stereocenters. The lowest BCUT2D eigenvalue weighted by molar-refractivity contribution is -0.204. The minimum Gasteiger partial charge on any atom is -0.321 e. The highest BCUT2D eigenvalue weighted by Crippen LogP contribution is 2.36. The van der Waals surface area contributed by atoms with Gasteiger partial charge in [0.15, 0.2) is 0 Å². The summed E-state index contributed by atoms with van der Waals surface area (Å²) in [6.07, 6.45) is 1.71. The highest BCUT2D eigenvalue weighted by atomic mass is 19.3. The number of nitrogens with one attached hydrogen (secondary N) is 2. The fraction of sp³-hybridized carbons (Fsp3) is 0.417. The third-order valence-electron chi connectivity index (χ3n) is 5.66. The molecule has 0 aliphatic rings. The molecule has 0 aliphatic heterocycles. The molecule has 2 rings (SSSR count). The number of rotatable bonds is 9. The first-order chi connectivity index (χ1) is 14.9. The number of hydrogen-bond acceptors (Lipinski definition) is 2. The van der Waals surface area contributed by atoms with Crippen molar-refractivity contribution in [3.63, 3.8) is 0 Å². The van der Waals surface area contributed by atoms with Crippen molar-refractivity contribution in [1.82, 2.24) is 0 Å². The molecule has 0 bridgehead atoms. The number of alkyl halides is 4. The number of carbonyl (C=O) groups excluding carboxylic acids is 2. The SMILES string of the molecule is CCC(C)c1ccc(NC(=O)C(F)(F)C(F)(F)C(=O)Nc2ccc(C(C)CC)cc2)cc1. The van der Waals surface area contributed by atoms with Gasteiger partial charge in [-0.15, -0.1) is 0 Å². The third-order valence-corrected chi connectivity index (χ3v) is 5.66. The lowest BCUT2D eigenvalue weighted by Gasteiger charge is -2.24. The van der Waals surface area contributed by atoms with Crippen molar-refractivity contribution >= 4 is 23.2 Å². The van der Waals surface area contributed by atoms with E-state index in [0.717, 1.165) is 24.0 Å². The van der Waals surface area contributed by atoms with Crippen LogP contribution < -0.4 is 10.6 Å². The molecule has 2 amide bonds. The minimum absolute atomic E-state index is 0.0708. The molecule has 0 aliphatic carbocycles. The van der Waals surface area contributed by atoms with Crippen LogP contribution in [0, 0.1) is 0 Å². The zero-order valence-electron chi connectivity index (χ0n) is 18.5. The van der Waals surface area contributed by atoms with Gasteiger partial charge in [-0.1, -0.05) is 52.0 Å². The highest BCUT2D eigenvalue weighted by Gasteiger charge is 2.67. The summed E-state index contributed by atoms with van der Waals surface area (Å²) < 4.78 is 57.2. The summed E-state index contributed by atoms with van der Waals surface area (Å²) in [4.78, 5) is 23.9. The van der Waals surface area contributed by atoms with Crippen molar-refractivity contribution < 1.29 is 27.2 Å². The van der Waals surface area contributed by atoms with Gasteiger partial charge in [0, 0.05) is 11.4 Å². The predicted octanol–water partition coefficient (Wildman–Crippen LogP) is 6.56. The Bertz CT molecular complexity index is 851. The van der Waals surface area contributed by atoms with E-state index in [9.17, 15) is 27.2 Å². The number of benzene rings is 2. The van der Waals surface area contributed by atoms with Gasteiger partial charge in [0.1, 0.15) is 0 Å². The molecular formula is C24H28F4N2O2. The molecule has 0 spiro atoms. The molecular weight excluding hydrogens is 424 g/mol. The Morgan fingerprint density at radius 3 is 1.22 bits per heavy atom. The molecule has 0 saturated heterocycles. The maximum Gasteiger partial charge on any atom is 0.396 e. The predicted molar refractivity (Wildman–Crippen MR) is 117 cm³/mol. The Morgan fingerprint density at radius 1 is 0.688 bits per heavy atom. The Labute approximate surface area is 185 Å². The number of carbonyl (C=O) groups is 2. The van der Waals surface area contributed by atoms with E-state index in [-0.39, 0.29) is 23.2 Å². The molecule has 4 nitrogen and oxygen atoms in total. The first-order valence-corrected chi connectivity index (χ1v) is 10.5. The van der Waals surface area contributed by atoms with E-state index in [1.54, 1.807) is 34.9 Å². The van der Waals surface area contributed by atoms with Crippen LogP contribution in [-0.4, -0.2) is 23.7 Å². The number of anilines is 2. The van der Waals surface area contributed by atoms with Gasteiger partial charge >= 0.3 is 23.7 Å². The fourth-order valence-electron chi connectivity index (χ4n) is 2.97. The van der Waals surface area contributed by atoms with Crippen molar-refractivity contribution in [2.75, 3.05) is 10.6 Å². The first kappa shape index (κ1) is 25.4. The lowest BCUT2D eigenvalue weighted by Crippen LogP contribution is -2.56. The van der Waals surface area contributed by atoms with Gasteiger partial charge in [-0.25, -0.2) is 0 Å². The highest BCUT2D eigenvalue weighted by molar-refractivity contribution is 6.05. The molecule has 2 N–H and O–H groups in total. The Morgan fingerprint density at radius 2 is 0.969 bits per heavy atom. The second-order valence-electron chi connectivity index (χ2n) is 7.92. The molecule has 174 valence electrons. The van der Waals surface area contributed by atoms with Crippen molar-refractivity contribution in [1.29, 1.82) is 0 Å². The van der Waals surface area contributed by atoms with Crippen LogP contribution in [-0.2, 0) is 9.59 Å². The van der Waals surface area contributed by atoms with Crippen LogP contribution in [0.3, 0.4) is 0 Å². The molecule has 0 heterocycles. The Balaban J connectivity index is 2.10. The van der Waals surface area contributed by atoms with E-state index < -0.39 is 23.7 Å². The average Bonchev–Trinajstić information content (AvgIpc) is 2.78. The van der Waals surface area contributed by atoms with E-state index >= 15 is 0 Å². The van der Waals surface area contributed by atoms with Gasteiger partial charge in [0.25, 0.3) is 0 Å². The van der Waals surface area contributed by atoms with E-state index in [0.29, 0.717) is 0 Å². The monoisotopic (exact) mass is 452 g/mol. The summed E-state index contributed by atoms with van der Waals surface area (Å²) >= 11 is 0. The molecule has 8 heteroatoms. The molecule has 32 heavy (non-hydrogen) atoms. The topological polar surface area (TPSA) is 58.2 Å². The normalized spacial score (nSPS) is 13.9. The summed E-state index contributed by atoms with van der Waals surface area (Å²) in [5.41, 5.74) is 1.69. The zero-order chi connectivity index (χ0) is 24.1. The van der Waals surface area contributed by atoms with Crippen LogP contribution in [0.5, 0.6) is 0 Å². The number of hydrogen-bond donors (Lipinski definition) is 2. The lowest BCUT2D eigenvalue weighted by atomic mass is 9.98. The van der Waals surface area contributed by atoms with Crippen molar-refractivity contribution in [3.05, 3.63) is 59.7 Å². The second-order valence-corrected chi connectivity index (χ2v) is 7.92. The summed E-state index contributed by atoms with van der Waals surface area (Å²) in [5.74, 6) is -14.6. The van der Waals surface area contributed by atoms with Crippen LogP contribution >= 0.6 is 0 Å². The zero-order valence-corrected chi connectivity index (χ0v) is 18.5. The van der Waals surface area contributed by atoms with Gasteiger partial charge in [0.05, 0.1) is 0 Å². The van der Waals surface area contributed by atoms with Gasteiger partial charge in [-0.2, -0.15) is 17.6 Å². The molecule has 0 fully saturated rings. The van der Waals surface area contributed by atoms with E-state index in [1.807, 2.05) is 27.7 Å². The molecule has 0 aromatic heterocycles. The van der Waals surface area contributed by atoms with Gasteiger partial charge in [-0.05, 0) is 60.1 Å². The van der Waals surface area contributed by atoms with Gasteiger partial charge in [0.2, 0.25) is 0 Å². The van der Waals surface area contributed by atoms with E-state index in [4.69, 9.17) is 0 Å². The standard InChI is InChI=1S/C24H28F4N2O2/c1-5-15(3)17-7-11-19(12-8-17)29-21(31)23(25,26)24(27,28)22(32)30-20-13-9-18(10-14-20)16(4)6-2/h7-16H,5-6H2,1-4H3,(H,29,31)(H,30,32). The van der Waals surface area contributed by atoms with E-state index in [1.165, 1.54) is 24.3 Å². The van der Waals surface area contributed by atoms with Crippen LogP contribution in [0.2, 0.25) is 0 Å². The largest absolute Gasteiger partial charge is 0.396 e. The number of halogens is 4. The molecule has 0 radical (unpaired) electrons. The van der Waals surface area contributed by atoms with Gasteiger partial charge in [-0.3, -0.25) is 9.59 Å². The quantitative estimate of drug-likeness (QED) is 0.423. The van der Waals surface area contributed by atoms with Crippen molar-refractivity contribution in [3.8, 4) is 0 Å². The first-order valence-electron chi connectivity index (χ1n) is 10.5. The molecule has 0 saturated carbocycles. The second kappa shape index (κ2) is 10.1. The van der Waals surface area contributed by atoms with E-state index in [2.05, 4.69) is 0 Å². The van der Waals surface area contributed by atoms with Crippen LogP contribution in [0.1, 0.15) is 63.5 Å². The summed E-state index contributed by atoms with van der Waals surface area (Å²) in [5, 5.41) is 3.54. The van der Waals surface area contributed by atoms with Crippen molar-refractivity contribution in [2.45, 2.75) is 64.2 Å². The summed E-state index contributed by atoms with van der Waals surface area (Å²) in [6.45, 7) is 7.90. The summed E-state index contributed by atoms with van der Waals surface area (Å²) in [6, 6.07) is 11.9. The summed E-state index contributed by atoms with van der Waals surface area (Å²) in [7, 11) is 0. The van der Waals surface area contributed by atoms with Gasteiger partial charge < -0.3 is 10.6 Å². The minimum atomic E-state index is -5.26. The molecule has 2 aromatic carbocycles. The van der Waals surface area contributed by atoms with Crippen LogP contribution in [0.25, 0.3) is 0 Å². The smallest absolute Gasteiger partial charge is 0.321 e. The Kier molecular flexibility index (Phi) is 8.04. The maximum atomic E-state index is 14.3. The van der Waals surface area contributed by atoms with Crippen LogP contribution in [0.15, 0.2) is 48.5 Å². The maximum absolute atomic E-state index is 14.3. The number of amides is 2. The van der Waals surface area contributed by atoms with Crippen molar-refractivity contribution in [2.24, 2.45) is 0 Å². The average molecular weight is 452 g/mol. The Hall–Kier alpha value is -2.90. The van der Waals surface area contributed by atoms with Crippen LogP contribution in [0.4, 0.5) is 28.9 Å². The molecule has 2 unspecified atom stereocenters. The molecule has 2 aromatic rings.